The molecule has 0 heterocycles. The van der Waals surface area contributed by atoms with Crippen LogP contribution < -0.4 is 0 Å². The van der Waals surface area contributed by atoms with Gasteiger partial charge in [-0.15, -0.1) is 6.58 Å². The molecule has 0 unspecified atom stereocenters. The van der Waals surface area contributed by atoms with Crippen molar-refractivity contribution in [3.05, 3.63) is 24.3 Å². The molecule has 212 valence electrons. The molecule has 0 spiro atoms. The maximum absolute atomic E-state index is 10.3. The molecule has 3 fully saturated rings. The molecule has 2 nitrogen and oxygen atoms in total. The molecule has 0 radical (unpaired) electrons. The summed E-state index contributed by atoms with van der Waals surface area (Å²) >= 11 is 0. The highest BCUT2D eigenvalue weighted by atomic mass is 16.3. The first-order valence-electron chi connectivity index (χ1n) is 16.2. The van der Waals surface area contributed by atoms with Crippen LogP contribution in [0.5, 0.6) is 0 Å². The lowest BCUT2D eigenvalue weighted by molar-refractivity contribution is -0.0578. The molecular weight excluding hydrogens is 452 g/mol. The fourth-order valence-corrected chi connectivity index (χ4v) is 10.4. The first-order valence-corrected chi connectivity index (χ1v) is 16.2. The summed E-state index contributed by atoms with van der Waals surface area (Å²) in [6.07, 6.45) is 23.4. The summed E-state index contributed by atoms with van der Waals surface area (Å²) in [5, 5.41) is 19.5. The molecule has 0 aromatic carbocycles. The van der Waals surface area contributed by atoms with Crippen LogP contribution in [0.25, 0.3) is 0 Å². The second-order valence-electron chi connectivity index (χ2n) is 14.9. The molecule has 2 N–H and O–H groups in total. The molecule has 0 saturated heterocycles. The molecule has 37 heavy (non-hydrogen) atoms. The zero-order valence-electron chi connectivity index (χ0n) is 25.1. The Balaban J connectivity index is 1.41. The third-order valence-corrected chi connectivity index (χ3v) is 13.0. The first kappa shape index (κ1) is 29.4. The predicted molar refractivity (Wildman–Crippen MR) is 157 cm³/mol. The minimum atomic E-state index is -0.101. The van der Waals surface area contributed by atoms with E-state index in [0.29, 0.717) is 23.4 Å². The van der Waals surface area contributed by atoms with Gasteiger partial charge in [0.05, 0.1) is 6.10 Å². The van der Waals surface area contributed by atoms with Gasteiger partial charge in [0.2, 0.25) is 0 Å². The molecule has 0 bridgehead atoms. The molecule has 9 atom stereocenters. The number of hydrogen-bond acceptors (Lipinski definition) is 2. The van der Waals surface area contributed by atoms with Gasteiger partial charge in [-0.25, -0.2) is 0 Å². The van der Waals surface area contributed by atoms with Crippen LogP contribution >= 0.6 is 0 Å². The van der Waals surface area contributed by atoms with Crippen LogP contribution in [0, 0.1) is 51.8 Å². The van der Waals surface area contributed by atoms with Gasteiger partial charge in [0, 0.05) is 6.61 Å². The van der Waals surface area contributed by atoms with Crippen LogP contribution in [0.2, 0.25) is 0 Å². The van der Waals surface area contributed by atoms with E-state index >= 15 is 0 Å². The van der Waals surface area contributed by atoms with Crippen molar-refractivity contribution in [2.75, 3.05) is 6.61 Å². The Kier molecular flexibility index (Phi) is 9.43. The molecule has 4 aliphatic rings. The van der Waals surface area contributed by atoms with Crippen LogP contribution in [-0.4, -0.2) is 22.9 Å². The Labute approximate surface area is 229 Å². The zero-order valence-corrected chi connectivity index (χ0v) is 25.1. The van der Waals surface area contributed by atoms with Crippen molar-refractivity contribution in [3.63, 3.8) is 0 Å². The van der Waals surface area contributed by atoms with Crippen molar-refractivity contribution in [1.29, 1.82) is 0 Å². The van der Waals surface area contributed by atoms with Crippen molar-refractivity contribution in [1.82, 2.24) is 0 Å². The van der Waals surface area contributed by atoms with Gasteiger partial charge in [0.15, 0.2) is 0 Å². The third kappa shape index (κ3) is 5.54. The summed E-state index contributed by atoms with van der Waals surface area (Å²) in [6.45, 7) is 17.3. The normalized spacial score (nSPS) is 39.8. The molecule has 4 rings (SSSR count). The summed E-state index contributed by atoms with van der Waals surface area (Å²) in [5.41, 5.74) is 2.72. The van der Waals surface area contributed by atoms with E-state index in [2.05, 4.69) is 53.3 Å². The second-order valence-corrected chi connectivity index (χ2v) is 14.9. The number of fused-ring (bicyclic) bond motifs is 5. The van der Waals surface area contributed by atoms with Gasteiger partial charge >= 0.3 is 0 Å². The highest BCUT2D eigenvalue weighted by Crippen LogP contribution is 2.67. The fraction of sp³-hybridized carbons (Fsp3) is 0.886. The quantitative estimate of drug-likeness (QED) is 0.202. The molecule has 2 heteroatoms. The lowest BCUT2D eigenvalue weighted by Gasteiger charge is -2.58. The maximum Gasteiger partial charge on any atom is 0.0577 e. The number of allylic oxidation sites excluding steroid dienone is 2. The summed E-state index contributed by atoms with van der Waals surface area (Å²) in [7, 11) is 0. The lowest BCUT2D eigenvalue weighted by atomic mass is 9.47. The Morgan fingerprint density at radius 2 is 1.76 bits per heavy atom. The average Bonchev–Trinajstić information content (AvgIpc) is 3.23. The van der Waals surface area contributed by atoms with Crippen LogP contribution in [0.3, 0.4) is 0 Å². The van der Waals surface area contributed by atoms with E-state index < -0.39 is 0 Å². The van der Waals surface area contributed by atoms with Crippen molar-refractivity contribution in [2.45, 2.75) is 137 Å². The van der Waals surface area contributed by atoms with E-state index in [1.165, 1.54) is 70.6 Å². The Bertz CT molecular complexity index is 799. The van der Waals surface area contributed by atoms with E-state index in [4.69, 9.17) is 5.11 Å². The maximum atomic E-state index is 10.3. The van der Waals surface area contributed by atoms with E-state index in [9.17, 15) is 5.11 Å². The minimum absolute atomic E-state index is 0.101. The van der Waals surface area contributed by atoms with Gasteiger partial charge in [-0.05, 0) is 129 Å². The van der Waals surface area contributed by atoms with Crippen molar-refractivity contribution < 1.29 is 10.2 Å². The molecule has 0 aromatic heterocycles. The van der Waals surface area contributed by atoms with E-state index in [0.717, 1.165) is 55.3 Å². The van der Waals surface area contributed by atoms with Gasteiger partial charge in [-0.1, -0.05) is 71.6 Å². The third-order valence-electron chi connectivity index (χ3n) is 13.0. The molecular formula is C35H60O2. The number of unbranched alkanes of at least 4 members (excludes halogenated alkanes) is 3. The van der Waals surface area contributed by atoms with Crippen molar-refractivity contribution in [3.8, 4) is 0 Å². The predicted octanol–water partition coefficient (Wildman–Crippen LogP) is 9.11. The Morgan fingerprint density at radius 1 is 1.00 bits per heavy atom. The summed E-state index contributed by atoms with van der Waals surface area (Å²) in [5.74, 6) is 4.88. The standard InChI is InChI=1S/C35H60O2/c1-7-35(25(2)3,19-10-8-9-11-23-36)22-16-26(4)30-14-15-31-29-13-12-27-24-28(37)17-20-33(27,5)32(29)18-21-34(30,31)6/h7,12,25-26,28-32,36-37H,1,8-11,13-24H2,2-6H3/t26-,28+,29+,30-,31+,32+,33+,34-,35-/m1/s1. The molecule has 4 aliphatic carbocycles. The van der Waals surface area contributed by atoms with Crippen molar-refractivity contribution in [2.24, 2.45) is 51.8 Å². The Hall–Kier alpha value is -0.600. The smallest absolute Gasteiger partial charge is 0.0577 e. The van der Waals surface area contributed by atoms with Crippen LogP contribution in [-0.2, 0) is 0 Å². The number of hydrogen-bond donors (Lipinski definition) is 2. The summed E-state index contributed by atoms with van der Waals surface area (Å²) in [6, 6.07) is 0. The average molecular weight is 513 g/mol. The minimum Gasteiger partial charge on any atom is -0.396 e. The first-order chi connectivity index (χ1) is 17.6. The van der Waals surface area contributed by atoms with Crippen LogP contribution in [0.4, 0.5) is 0 Å². The van der Waals surface area contributed by atoms with E-state index in [1.54, 1.807) is 5.57 Å². The fourth-order valence-electron chi connectivity index (χ4n) is 10.4. The largest absolute Gasteiger partial charge is 0.396 e. The summed E-state index contributed by atoms with van der Waals surface area (Å²) < 4.78 is 0. The van der Waals surface area contributed by atoms with Gasteiger partial charge in [0.1, 0.15) is 0 Å². The molecule has 0 aliphatic heterocycles. The van der Waals surface area contributed by atoms with Gasteiger partial charge in [0.25, 0.3) is 0 Å². The van der Waals surface area contributed by atoms with Crippen molar-refractivity contribution >= 4 is 0 Å². The van der Waals surface area contributed by atoms with E-state index in [-0.39, 0.29) is 11.5 Å². The highest BCUT2D eigenvalue weighted by Gasteiger charge is 2.59. The molecule has 0 amide bonds. The monoisotopic (exact) mass is 512 g/mol. The lowest BCUT2D eigenvalue weighted by Crippen LogP contribution is -2.50. The topological polar surface area (TPSA) is 40.5 Å². The highest BCUT2D eigenvalue weighted by molar-refractivity contribution is 5.25. The molecule has 3 saturated carbocycles. The number of aliphatic hydroxyl groups excluding tert-OH is 2. The zero-order chi connectivity index (χ0) is 26.8. The van der Waals surface area contributed by atoms with Gasteiger partial charge in [-0.3, -0.25) is 0 Å². The number of rotatable bonds is 12. The van der Waals surface area contributed by atoms with Gasteiger partial charge < -0.3 is 10.2 Å². The van der Waals surface area contributed by atoms with Crippen LogP contribution in [0.1, 0.15) is 131 Å². The Morgan fingerprint density at radius 3 is 2.46 bits per heavy atom. The van der Waals surface area contributed by atoms with Crippen LogP contribution in [0.15, 0.2) is 24.3 Å². The van der Waals surface area contributed by atoms with Gasteiger partial charge in [-0.2, -0.15) is 0 Å². The second kappa shape index (κ2) is 11.9. The number of aliphatic hydroxyl groups is 2. The summed E-state index contributed by atoms with van der Waals surface area (Å²) in [4.78, 5) is 0. The van der Waals surface area contributed by atoms with E-state index in [1.807, 2.05) is 0 Å². The SMILES string of the molecule is C=C[C@@](CCCCCCO)(CC[C@@H](C)[C@H]1CC[C@H]2[C@@H]3CC=C4C[C@@H](O)CC[C@]4(C)[C@H]3CC[C@]12C)C(C)C. The molecule has 0 aromatic rings.